The molecule has 49 heavy (non-hydrogen) atoms. The van der Waals surface area contributed by atoms with Gasteiger partial charge in [0.2, 0.25) is 11.7 Å². The second-order valence-corrected chi connectivity index (χ2v) is 14.3. The van der Waals surface area contributed by atoms with Crippen molar-refractivity contribution in [3.63, 3.8) is 0 Å². The van der Waals surface area contributed by atoms with Gasteiger partial charge in [0.15, 0.2) is 18.1 Å². The number of benzene rings is 1. The fourth-order valence-corrected chi connectivity index (χ4v) is 9.08. The lowest BCUT2D eigenvalue weighted by Gasteiger charge is -2.57. The Morgan fingerprint density at radius 2 is 1.84 bits per heavy atom. The number of aliphatic hydroxyl groups is 1. The number of rotatable bonds is 11. The Balaban J connectivity index is 1.16. The average Bonchev–Trinajstić information content (AvgIpc) is 3.33. The Labute approximate surface area is 282 Å². The quantitative estimate of drug-likeness (QED) is 0.174. The average molecular weight is 683 g/mol. The normalized spacial score (nSPS) is 30.9. The molecule has 4 aliphatic carbocycles. The number of phenolic OH excluding ortho intramolecular Hbond substituents is 1. The summed E-state index contributed by atoms with van der Waals surface area (Å²) in [4.78, 5) is 87.3. The molecule has 4 aliphatic rings. The number of amides is 1. The Bertz CT molecular complexity index is 1640. The summed E-state index contributed by atoms with van der Waals surface area (Å²) in [7, 11) is 1.10. The third-order valence-electron chi connectivity index (χ3n) is 11.7. The van der Waals surface area contributed by atoms with Gasteiger partial charge in [-0.2, -0.15) is 0 Å². The van der Waals surface area contributed by atoms with E-state index in [0.717, 1.165) is 24.8 Å². The van der Waals surface area contributed by atoms with Gasteiger partial charge in [0, 0.05) is 43.1 Å². The number of phenols is 1. The number of esters is 2. The molecule has 0 heterocycles. The van der Waals surface area contributed by atoms with Gasteiger partial charge in [0.05, 0.1) is 18.5 Å². The highest BCUT2D eigenvalue weighted by Crippen LogP contribution is 2.66. The first kappa shape index (κ1) is 35.8. The number of nitro benzene ring substituents is 1. The molecule has 0 bridgehead atoms. The molecule has 3 saturated carbocycles. The zero-order valence-corrected chi connectivity index (χ0v) is 27.8. The van der Waals surface area contributed by atoms with Gasteiger partial charge < -0.3 is 25.0 Å². The maximum absolute atomic E-state index is 13.8. The minimum atomic E-state index is -1.88. The van der Waals surface area contributed by atoms with Gasteiger partial charge in [0.25, 0.3) is 0 Å². The second kappa shape index (κ2) is 13.4. The molecule has 3 N–H and O–H groups in total. The molecule has 0 saturated heterocycles. The number of nitro groups is 1. The molecule has 0 spiro atoms. The zero-order chi connectivity index (χ0) is 35.9. The predicted octanol–water partition coefficient (Wildman–Crippen LogP) is 2.84. The van der Waals surface area contributed by atoms with E-state index in [-0.39, 0.29) is 54.1 Å². The van der Waals surface area contributed by atoms with Crippen LogP contribution < -0.4 is 5.32 Å². The molecule has 14 nitrogen and oxygen atoms in total. The molecule has 14 heteroatoms. The number of nitrogens with zero attached hydrogens (tertiary/aromatic N) is 1. The minimum absolute atomic E-state index is 0.00482. The summed E-state index contributed by atoms with van der Waals surface area (Å²) < 4.78 is 9.89. The minimum Gasteiger partial charge on any atom is -0.502 e. The number of Topliss-reactive ketones (excluding diaryl/α,β-unsaturated/α-hetero) is 2. The Hall–Kier alpha value is -4.46. The molecule has 3 fully saturated rings. The molecule has 264 valence electrons. The number of methoxy groups -OCH3 is 1. The number of ketones is 3. The Kier molecular flexibility index (Phi) is 9.84. The summed E-state index contributed by atoms with van der Waals surface area (Å²) in [5.74, 6) is -4.08. The van der Waals surface area contributed by atoms with Crippen molar-refractivity contribution in [2.75, 3.05) is 13.7 Å². The molecule has 7 atom stereocenters. The Morgan fingerprint density at radius 1 is 1.10 bits per heavy atom. The van der Waals surface area contributed by atoms with Crippen LogP contribution in [0.4, 0.5) is 5.69 Å². The van der Waals surface area contributed by atoms with E-state index in [1.165, 1.54) is 6.07 Å². The van der Waals surface area contributed by atoms with Crippen LogP contribution in [-0.4, -0.2) is 75.7 Å². The highest BCUT2D eigenvalue weighted by atomic mass is 16.6. The highest BCUT2D eigenvalue weighted by Gasteiger charge is 2.68. The second-order valence-electron chi connectivity index (χ2n) is 14.3. The molecule has 0 aromatic heterocycles. The molecule has 0 radical (unpaired) electrons. The van der Waals surface area contributed by atoms with E-state index in [4.69, 9.17) is 9.47 Å². The SMILES string of the molecule is COC(=O)[C@H](Cc1ccc(O)c([N+](=O)[O-])c1)NC(=O)CCC(=O)OCC(=O)[C@@]1(O)CC[C@@H]2[C@@H]3CCC4=CC(=O)CC[C@]4(C)[C@@H]3C(=O)C[C@@]21C. The number of ether oxygens (including phenoxy) is 2. The third kappa shape index (κ3) is 6.50. The molecule has 0 aliphatic heterocycles. The number of nitrogens with one attached hydrogen (secondary N) is 1. The van der Waals surface area contributed by atoms with E-state index < -0.39 is 81.9 Å². The van der Waals surface area contributed by atoms with Gasteiger partial charge in [-0.15, -0.1) is 0 Å². The van der Waals surface area contributed by atoms with Gasteiger partial charge in [-0.05, 0) is 67.1 Å². The van der Waals surface area contributed by atoms with Crippen LogP contribution in [0.1, 0.15) is 77.2 Å². The lowest BCUT2D eigenvalue weighted by Crippen LogP contribution is -2.61. The van der Waals surface area contributed by atoms with E-state index in [1.54, 1.807) is 13.0 Å². The summed E-state index contributed by atoms with van der Waals surface area (Å²) in [6, 6.07) is 2.26. The van der Waals surface area contributed by atoms with Crippen LogP contribution >= 0.6 is 0 Å². The smallest absolute Gasteiger partial charge is 0.328 e. The van der Waals surface area contributed by atoms with Crippen LogP contribution in [0.2, 0.25) is 0 Å². The number of fused-ring (bicyclic) bond motifs is 5. The van der Waals surface area contributed by atoms with Crippen molar-refractivity contribution in [3.05, 3.63) is 45.5 Å². The Morgan fingerprint density at radius 3 is 2.53 bits per heavy atom. The van der Waals surface area contributed by atoms with E-state index >= 15 is 0 Å². The number of hydrogen-bond donors (Lipinski definition) is 3. The van der Waals surface area contributed by atoms with Gasteiger partial charge in [-0.1, -0.05) is 25.5 Å². The van der Waals surface area contributed by atoms with Crippen LogP contribution in [0.3, 0.4) is 0 Å². The van der Waals surface area contributed by atoms with Gasteiger partial charge in [-0.3, -0.25) is 34.1 Å². The molecule has 0 unspecified atom stereocenters. The number of carbonyl (C=O) groups excluding carboxylic acids is 6. The fourth-order valence-electron chi connectivity index (χ4n) is 9.08. The lowest BCUT2D eigenvalue weighted by molar-refractivity contribution is -0.385. The van der Waals surface area contributed by atoms with Crippen molar-refractivity contribution >= 4 is 40.9 Å². The first-order valence-electron chi connectivity index (χ1n) is 16.6. The predicted molar refractivity (Wildman–Crippen MR) is 170 cm³/mol. The van der Waals surface area contributed by atoms with Crippen molar-refractivity contribution < 1.29 is 53.4 Å². The first-order valence-corrected chi connectivity index (χ1v) is 16.6. The van der Waals surface area contributed by atoms with E-state index in [0.29, 0.717) is 32.1 Å². The van der Waals surface area contributed by atoms with Gasteiger partial charge >= 0.3 is 17.6 Å². The number of aromatic hydroxyl groups is 1. The van der Waals surface area contributed by atoms with Crippen molar-refractivity contribution in [1.82, 2.24) is 5.32 Å². The molecule has 1 aromatic rings. The topological polar surface area (TPSA) is 217 Å². The van der Waals surface area contributed by atoms with Crippen molar-refractivity contribution in [2.24, 2.45) is 28.6 Å². The van der Waals surface area contributed by atoms with Crippen LogP contribution in [0, 0.1) is 38.7 Å². The molecular weight excluding hydrogens is 640 g/mol. The van der Waals surface area contributed by atoms with Gasteiger partial charge in [0.1, 0.15) is 17.4 Å². The third-order valence-corrected chi connectivity index (χ3v) is 11.7. The van der Waals surface area contributed by atoms with Gasteiger partial charge in [-0.25, -0.2) is 4.79 Å². The van der Waals surface area contributed by atoms with E-state index in [9.17, 15) is 49.1 Å². The maximum atomic E-state index is 13.8. The number of hydrogen-bond acceptors (Lipinski definition) is 12. The monoisotopic (exact) mass is 682 g/mol. The highest BCUT2D eigenvalue weighted by molar-refractivity contribution is 5.95. The summed E-state index contributed by atoms with van der Waals surface area (Å²) in [6.45, 7) is 3.10. The van der Waals surface area contributed by atoms with Crippen LogP contribution in [-0.2, 0) is 44.7 Å². The van der Waals surface area contributed by atoms with Crippen LogP contribution in [0.5, 0.6) is 5.75 Å². The number of carbonyl (C=O) groups is 6. The maximum Gasteiger partial charge on any atom is 0.328 e. The van der Waals surface area contributed by atoms with E-state index in [2.05, 4.69) is 12.2 Å². The molecule has 1 amide bonds. The largest absolute Gasteiger partial charge is 0.502 e. The summed E-state index contributed by atoms with van der Waals surface area (Å²) in [6.07, 6.45) is 3.70. The van der Waals surface area contributed by atoms with Crippen molar-refractivity contribution in [1.29, 1.82) is 0 Å². The summed E-state index contributed by atoms with van der Waals surface area (Å²) in [5.41, 5.74) is -2.63. The summed E-state index contributed by atoms with van der Waals surface area (Å²) in [5, 5.41) is 35.1. The van der Waals surface area contributed by atoms with Crippen molar-refractivity contribution in [2.45, 2.75) is 89.7 Å². The fraction of sp³-hybridized carbons (Fsp3) is 0.600. The van der Waals surface area contributed by atoms with Crippen molar-refractivity contribution in [3.8, 4) is 5.75 Å². The van der Waals surface area contributed by atoms with Crippen LogP contribution in [0.25, 0.3) is 0 Å². The molecular formula is C35H42N2O12. The molecule has 1 aromatic carbocycles. The molecule has 5 rings (SSSR count). The lowest BCUT2D eigenvalue weighted by atomic mass is 9.46. The summed E-state index contributed by atoms with van der Waals surface area (Å²) >= 11 is 0. The zero-order valence-electron chi connectivity index (χ0n) is 27.8. The standard InChI is InChI=1S/C35H42N2O12/c1-33-12-10-21(38)16-20(33)5-6-22-23-11-13-35(45,34(23,2)17-27(40)31(22)33)28(41)18-49-30(43)9-8-29(42)36-24(32(44)48-3)14-19-4-7-26(39)25(15-19)37(46)47/h4,7,15-16,22-24,31,39,45H,5-6,8-14,17-18H2,1-3H3,(H,36,42)/t22-,23+,24-,31-,33-,34-,35-/m0/s1. The first-order chi connectivity index (χ1) is 23.0. The van der Waals surface area contributed by atoms with E-state index in [1.807, 2.05) is 0 Å². The number of allylic oxidation sites excluding steroid dienone is 1. The van der Waals surface area contributed by atoms with Crippen LogP contribution in [0.15, 0.2) is 29.8 Å².